The minimum atomic E-state index is -0.222. The van der Waals surface area contributed by atoms with E-state index in [4.69, 9.17) is 4.74 Å². The van der Waals surface area contributed by atoms with Crippen LogP contribution in [-0.2, 0) is 13.1 Å². The summed E-state index contributed by atoms with van der Waals surface area (Å²) in [5.41, 5.74) is 1.89. The maximum absolute atomic E-state index is 11.7. The van der Waals surface area contributed by atoms with Gasteiger partial charge in [-0.05, 0) is 11.6 Å². The number of aromatic nitrogens is 1. The molecular weight excluding hydrogens is 254 g/mol. The van der Waals surface area contributed by atoms with Gasteiger partial charge >= 0.3 is 6.03 Å². The van der Waals surface area contributed by atoms with Gasteiger partial charge < -0.3 is 15.4 Å². The molecule has 5 heteroatoms. The van der Waals surface area contributed by atoms with Gasteiger partial charge in [-0.2, -0.15) is 0 Å². The lowest BCUT2D eigenvalue weighted by Gasteiger charge is -2.09. The molecule has 2 aromatic rings. The minimum absolute atomic E-state index is 0.222. The van der Waals surface area contributed by atoms with E-state index in [2.05, 4.69) is 15.6 Å². The Morgan fingerprint density at radius 3 is 2.60 bits per heavy atom. The van der Waals surface area contributed by atoms with Gasteiger partial charge in [0.2, 0.25) is 5.88 Å². The third-order valence-electron chi connectivity index (χ3n) is 2.78. The standard InChI is InChI=1S/C15H17N3O2/c1-20-14-13(8-5-9-16-14)11-18-15(19)17-10-12-6-3-2-4-7-12/h2-9H,10-11H2,1H3,(H2,17,18,19). The largest absolute Gasteiger partial charge is 0.481 e. The highest BCUT2D eigenvalue weighted by atomic mass is 16.5. The van der Waals surface area contributed by atoms with E-state index < -0.39 is 0 Å². The molecule has 2 N–H and O–H groups in total. The summed E-state index contributed by atoms with van der Waals surface area (Å²) in [4.78, 5) is 15.8. The molecule has 20 heavy (non-hydrogen) atoms. The summed E-state index contributed by atoms with van der Waals surface area (Å²) in [7, 11) is 1.56. The lowest BCUT2D eigenvalue weighted by molar-refractivity contribution is 0.240. The Morgan fingerprint density at radius 2 is 1.85 bits per heavy atom. The highest BCUT2D eigenvalue weighted by Crippen LogP contribution is 2.12. The Balaban J connectivity index is 1.80. The summed E-state index contributed by atoms with van der Waals surface area (Å²) in [5, 5.41) is 5.57. The number of pyridine rings is 1. The number of rotatable bonds is 5. The first kappa shape index (κ1) is 13.9. The van der Waals surface area contributed by atoms with Crippen LogP contribution in [0.4, 0.5) is 4.79 Å². The zero-order chi connectivity index (χ0) is 14.2. The lowest BCUT2D eigenvalue weighted by atomic mass is 10.2. The van der Waals surface area contributed by atoms with E-state index >= 15 is 0 Å². The Kier molecular flexibility index (Phi) is 4.94. The van der Waals surface area contributed by atoms with Crippen molar-refractivity contribution < 1.29 is 9.53 Å². The van der Waals surface area contributed by atoms with Crippen molar-refractivity contribution in [3.8, 4) is 5.88 Å². The number of urea groups is 1. The van der Waals surface area contributed by atoms with Crippen molar-refractivity contribution in [1.82, 2.24) is 15.6 Å². The van der Waals surface area contributed by atoms with Gasteiger partial charge in [0, 0.05) is 24.8 Å². The molecule has 5 nitrogen and oxygen atoms in total. The summed E-state index contributed by atoms with van der Waals surface area (Å²) >= 11 is 0. The van der Waals surface area contributed by atoms with E-state index in [9.17, 15) is 4.79 Å². The van der Waals surface area contributed by atoms with Gasteiger partial charge in [0.15, 0.2) is 0 Å². The van der Waals surface area contributed by atoms with E-state index in [-0.39, 0.29) is 6.03 Å². The smallest absolute Gasteiger partial charge is 0.315 e. The molecule has 0 aliphatic rings. The van der Waals surface area contributed by atoms with Gasteiger partial charge in [-0.1, -0.05) is 36.4 Å². The van der Waals surface area contributed by atoms with Crippen molar-refractivity contribution in [2.24, 2.45) is 0 Å². The zero-order valence-corrected chi connectivity index (χ0v) is 11.3. The molecule has 0 unspecified atom stereocenters. The summed E-state index contributed by atoms with van der Waals surface area (Å²) in [5.74, 6) is 0.524. The predicted octanol–water partition coefficient (Wildman–Crippen LogP) is 2.09. The van der Waals surface area contributed by atoms with Gasteiger partial charge in [0.1, 0.15) is 0 Å². The molecule has 0 fully saturated rings. The summed E-state index contributed by atoms with van der Waals surface area (Å²) in [6, 6.07) is 13.2. The highest BCUT2D eigenvalue weighted by Gasteiger charge is 2.05. The molecule has 0 saturated carbocycles. The molecule has 0 atom stereocenters. The molecule has 2 amide bonds. The van der Waals surface area contributed by atoms with Gasteiger partial charge in [-0.3, -0.25) is 0 Å². The summed E-state index contributed by atoms with van der Waals surface area (Å²) < 4.78 is 5.12. The van der Waals surface area contributed by atoms with E-state index in [1.165, 1.54) is 0 Å². The quantitative estimate of drug-likeness (QED) is 0.875. The van der Waals surface area contributed by atoms with Crippen LogP contribution in [0.3, 0.4) is 0 Å². The second-order valence-corrected chi connectivity index (χ2v) is 4.19. The Morgan fingerprint density at radius 1 is 1.10 bits per heavy atom. The molecule has 0 spiro atoms. The molecule has 1 aromatic heterocycles. The monoisotopic (exact) mass is 271 g/mol. The maximum atomic E-state index is 11.7. The summed E-state index contributed by atoms with van der Waals surface area (Å²) in [6.07, 6.45) is 1.65. The van der Waals surface area contributed by atoms with Crippen LogP contribution in [0.2, 0.25) is 0 Å². The van der Waals surface area contributed by atoms with E-state index in [1.54, 1.807) is 19.4 Å². The molecule has 0 aliphatic heterocycles. The Bertz CT molecular complexity index is 558. The van der Waals surface area contributed by atoms with Crippen molar-refractivity contribution in [2.45, 2.75) is 13.1 Å². The van der Waals surface area contributed by atoms with Crippen molar-refractivity contribution in [3.05, 3.63) is 59.8 Å². The van der Waals surface area contributed by atoms with E-state index in [0.29, 0.717) is 19.0 Å². The van der Waals surface area contributed by atoms with E-state index in [1.807, 2.05) is 36.4 Å². The fraction of sp³-hybridized carbons (Fsp3) is 0.200. The molecule has 0 radical (unpaired) electrons. The molecule has 1 heterocycles. The van der Waals surface area contributed by atoms with Crippen molar-refractivity contribution in [3.63, 3.8) is 0 Å². The normalized spacial score (nSPS) is 9.85. The number of hydrogen-bond acceptors (Lipinski definition) is 3. The second-order valence-electron chi connectivity index (χ2n) is 4.19. The Labute approximate surface area is 118 Å². The van der Waals surface area contributed by atoms with Crippen LogP contribution in [0, 0.1) is 0 Å². The van der Waals surface area contributed by atoms with Gasteiger partial charge in [0.05, 0.1) is 7.11 Å². The number of carbonyl (C=O) groups excluding carboxylic acids is 1. The maximum Gasteiger partial charge on any atom is 0.315 e. The molecular formula is C15H17N3O2. The number of ether oxygens (including phenoxy) is 1. The molecule has 0 aliphatic carbocycles. The first-order chi connectivity index (χ1) is 9.79. The third kappa shape index (κ3) is 3.98. The third-order valence-corrected chi connectivity index (χ3v) is 2.78. The van der Waals surface area contributed by atoms with Crippen molar-refractivity contribution in [1.29, 1.82) is 0 Å². The van der Waals surface area contributed by atoms with E-state index in [0.717, 1.165) is 11.1 Å². The average molecular weight is 271 g/mol. The first-order valence-corrected chi connectivity index (χ1v) is 6.33. The lowest BCUT2D eigenvalue weighted by Crippen LogP contribution is -2.34. The van der Waals surface area contributed by atoms with Crippen LogP contribution in [0.5, 0.6) is 5.88 Å². The van der Waals surface area contributed by atoms with Crippen LogP contribution in [0.1, 0.15) is 11.1 Å². The van der Waals surface area contributed by atoms with Crippen LogP contribution in [0.15, 0.2) is 48.7 Å². The minimum Gasteiger partial charge on any atom is -0.481 e. The fourth-order valence-corrected chi connectivity index (χ4v) is 1.76. The number of carbonyl (C=O) groups is 1. The van der Waals surface area contributed by atoms with Crippen molar-refractivity contribution >= 4 is 6.03 Å². The number of methoxy groups -OCH3 is 1. The zero-order valence-electron chi connectivity index (χ0n) is 11.3. The molecule has 0 bridgehead atoms. The number of amides is 2. The SMILES string of the molecule is COc1ncccc1CNC(=O)NCc1ccccc1. The molecule has 104 valence electrons. The van der Waals surface area contributed by atoms with Gasteiger partial charge in [0.25, 0.3) is 0 Å². The number of benzene rings is 1. The first-order valence-electron chi connectivity index (χ1n) is 6.33. The molecule has 0 saturated heterocycles. The topological polar surface area (TPSA) is 63.2 Å². The van der Waals surface area contributed by atoms with Gasteiger partial charge in [-0.25, -0.2) is 9.78 Å². The average Bonchev–Trinajstić information content (AvgIpc) is 2.52. The van der Waals surface area contributed by atoms with Crippen LogP contribution in [0.25, 0.3) is 0 Å². The number of hydrogen-bond donors (Lipinski definition) is 2. The van der Waals surface area contributed by atoms with Crippen LogP contribution >= 0.6 is 0 Å². The second kappa shape index (κ2) is 7.13. The molecule has 1 aromatic carbocycles. The van der Waals surface area contributed by atoms with Gasteiger partial charge in [-0.15, -0.1) is 0 Å². The predicted molar refractivity (Wildman–Crippen MR) is 76.3 cm³/mol. The summed E-state index contributed by atoms with van der Waals surface area (Å²) in [6.45, 7) is 0.870. The fourth-order valence-electron chi connectivity index (χ4n) is 1.76. The van der Waals surface area contributed by atoms with Crippen LogP contribution in [-0.4, -0.2) is 18.1 Å². The highest BCUT2D eigenvalue weighted by molar-refractivity contribution is 5.73. The van der Waals surface area contributed by atoms with Crippen LogP contribution < -0.4 is 15.4 Å². The Hall–Kier alpha value is -2.56. The van der Waals surface area contributed by atoms with Crippen molar-refractivity contribution in [2.75, 3.05) is 7.11 Å². The molecule has 2 rings (SSSR count). The number of nitrogens with zero attached hydrogens (tertiary/aromatic N) is 1. The number of nitrogens with one attached hydrogen (secondary N) is 2.